The molecule has 0 aromatic rings. The summed E-state index contributed by atoms with van der Waals surface area (Å²) in [5, 5.41) is 2.64. The highest BCUT2D eigenvalue weighted by atomic mass is 16.5. The average molecular weight is 183 g/mol. The Bertz CT molecular complexity index is 182. The maximum absolute atomic E-state index is 10.9. The predicted octanol–water partition coefficient (Wildman–Crippen LogP) is 1.78. The summed E-state index contributed by atoms with van der Waals surface area (Å²) in [6.07, 6.45) is 6.05. The first-order valence-electron chi connectivity index (χ1n) is 4.51. The van der Waals surface area contributed by atoms with E-state index < -0.39 is 0 Å². The van der Waals surface area contributed by atoms with Crippen LogP contribution < -0.4 is 5.32 Å². The SMILES string of the molecule is C#CCCOC(=O)NCCC(C)C. The molecule has 0 spiro atoms. The van der Waals surface area contributed by atoms with Crippen molar-refractivity contribution in [3.05, 3.63) is 0 Å². The van der Waals surface area contributed by atoms with Gasteiger partial charge in [0.25, 0.3) is 0 Å². The molecule has 0 saturated carbocycles. The van der Waals surface area contributed by atoms with Crippen LogP contribution in [-0.4, -0.2) is 19.2 Å². The standard InChI is InChI=1S/C10H17NO2/c1-4-5-8-13-10(12)11-7-6-9(2)3/h1,9H,5-8H2,2-3H3,(H,11,12). The van der Waals surface area contributed by atoms with Crippen molar-refractivity contribution in [2.24, 2.45) is 5.92 Å². The molecule has 0 bridgehead atoms. The van der Waals surface area contributed by atoms with E-state index in [2.05, 4.69) is 25.1 Å². The Morgan fingerprint density at radius 3 is 2.85 bits per heavy atom. The average Bonchev–Trinajstić information content (AvgIpc) is 2.04. The minimum atomic E-state index is -0.379. The van der Waals surface area contributed by atoms with Gasteiger partial charge in [0.1, 0.15) is 6.61 Å². The molecule has 0 heterocycles. The summed E-state index contributed by atoms with van der Waals surface area (Å²) in [5.41, 5.74) is 0. The van der Waals surface area contributed by atoms with Gasteiger partial charge in [-0.1, -0.05) is 13.8 Å². The van der Waals surface area contributed by atoms with E-state index in [0.717, 1.165) is 6.42 Å². The van der Waals surface area contributed by atoms with Crippen molar-refractivity contribution in [3.8, 4) is 12.3 Å². The lowest BCUT2D eigenvalue weighted by atomic mass is 10.1. The summed E-state index contributed by atoms with van der Waals surface area (Å²) < 4.78 is 4.77. The molecule has 0 fully saturated rings. The number of rotatable bonds is 5. The Kier molecular flexibility index (Phi) is 6.80. The molecule has 0 saturated heterocycles. The van der Waals surface area contributed by atoms with Crippen LogP contribution in [0.15, 0.2) is 0 Å². The van der Waals surface area contributed by atoms with E-state index in [1.807, 2.05) is 0 Å². The first-order valence-corrected chi connectivity index (χ1v) is 4.51. The molecule has 13 heavy (non-hydrogen) atoms. The number of nitrogens with one attached hydrogen (secondary N) is 1. The van der Waals surface area contributed by atoms with Gasteiger partial charge in [-0.25, -0.2) is 4.79 Å². The molecule has 0 unspecified atom stereocenters. The quantitative estimate of drug-likeness (QED) is 0.521. The van der Waals surface area contributed by atoms with E-state index in [4.69, 9.17) is 11.2 Å². The lowest BCUT2D eigenvalue weighted by molar-refractivity contribution is 0.148. The second-order valence-corrected chi connectivity index (χ2v) is 3.20. The number of carbonyl (C=O) groups is 1. The molecule has 0 radical (unpaired) electrons. The summed E-state index contributed by atoms with van der Waals surface area (Å²) in [7, 11) is 0. The van der Waals surface area contributed by atoms with Gasteiger partial charge in [0.15, 0.2) is 0 Å². The first-order chi connectivity index (χ1) is 6.16. The molecule has 0 aromatic heterocycles. The molecule has 1 N–H and O–H groups in total. The van der Waals surface area contributed by atoms with Crippen LogP contribution in [0.5, 0.6) is 0 Å². The van der Waals surface area contributed by atoms with Crippen LogP contribution in [0.1, 0.15) is 26.7 Å². The van der Waals surface area contributed by atoms with E-state index in [1.165, 1.54) is 0 Å². The molecular formula is C10H17NO2. The third kappa shape index (κ3) is 8.74. The van der Waals surface area contributed by atoms with E-state index in [0.29, 0.717) is 25.5 Å². The van der Waals surface area contributed by atoms with Crippen molar-refractivity contribution in [1.82, 2.24) is 5.32 Å². The molecule has 0 atom stereocenters. The number of terminal acetylenes is 1. The molecule has 3 heteroatoms. The summed E-state index contributed by atoms with van der Waals surface area (Å²) in [6, 6.07) is 0. The summed E-state index contributed by atoms with van der Waals surface area (Å²) in [5.74, 6) is 2.98. The molecule has 0 aliphatic heterocycles. The van der Waals surface area contributed by atoms with Crippen LogP contribution in [0.2, 0.25) is 0 Å². The second-order valence-electron chi connectivity index (χ2n) is 3.20. The summed E-state index contributed by atoms with van der Waals surface area (Å²) >= 11 is 0. The van der Waals surface area contributed by atoms with Crippen molar-refractivity contribution in [1.29, 1.82) is 0 Å². The third-order valence-electron chi connectivity index (χ3n) is 1.47. The van der Waals surface area contributed by atoms with Gasteiger partial charge in [0, 0.05) is 13.0 Å². The van der Waals surface area contributed by atoms with Crippen molar-refractivity contribution < 1.29 is 9.53 Å². The Morgan fingerprint density at radius 1 is 1.62 bits per heavy atom. The Hall–Kier alpha value is -1.17. The van der Waals surface area contributed by atoms with Crippen LogP contribution in [0.4, 0.5) is 4.79 Å². The predicted molar refractivity (Wildman–Crippen MR) is 52.3 cm³/mol. The van der Waals surface area contributed by atoms with Gasteiger partial charge < -0.3 is 10.1 Å². The third-order valence-corrected chi connectivity index (χ3v) is 1.47. The number of ether oxygens (including phenoxy) is 1. The van der Waals surface area contributed by atoms with Crippen molar-refractivity contribution >= 4 is 6.09 Å². The maximum Gasteiger partial charge on any atom is 0.407 e. The van der Waals surface area contributed by atoms with Gasteiger partial charge in [0.2, 0.25) is 0 Å². The monoisotopic (exact) mass is 183 g/mol. The highest BCUT2D eigenvalue weighted by Crippen LogP contribution is 1.96. The van der Waals surface area contributed by atoms with E-state index in [9.17, 15) is 4.79 Å². The highest BCUT2D eigenvalue weighted by molar-refractivity contribution is 5.66. The normalized spacial score (nSPS) is 9.38. The molecular weight excluding hydrogens is 166 g/mol. The molecule has 3 nitrogen and oxygen atoms in total. The van der Waals surface area contributed by atoms with E-state index in [-0.39, 0.29) is 6.09 Å². The van der Waals surface area contributed by atoms with Gasteiger partial charge in [0.05, 0.1) is 0 Å². The number of alkyl carbamates (subject to hydrolysis) is 1. The minimum Gasteiger partial charge on any atom is -0.449 e. The fraction of sp³-hybridized carbons (Fsp3) is 0.700. The van der Waals surface area contributed by atoms with Crippen LogP contribution in [0.3, 0.4) is 0 Å². The topological polar surface area (TPSA) is 38.3 Å². The van der Waals surface area contributed by atoms with Gasteiger partial charge in [-0.05, 0) is 12.3 Å². The minimum absolute atomic E-state index is 0.296. The number of hydrogen-bond donors (Lipinski definition) is 1. The second kappa shape index (κ2) is 7.48. The van der Waals surface area contributed by atoms with Gasteiger partial charge in [-0.3, -0.25) is 0 Å². The molecule has 74 valence electrons. The Labute approximate surface area is 79.8 Å². The maximum atomic E-state index is 10.9. The van der Waals surface area contributed by atoms with Gasteiger partial charge >= 0.3 is 6.09 Å². The highest BCUT2D eigenvalue weighted by Gasteiger charge is 2.00. The van der Waals surface area contributed by atoms with Crippen LogP contribution >= 0.6 is 0 Å². The van der Waals surface area contributed by atoms with Crippen molar-refractivity contribution in [2.45, 2.75) is 26.7 Å². The molecule has 0 rings (SSSR count). The summed E-state index contributed by atoms with van der Waals surface area (Å²) in [4.78, 5) is 10.9. The summed E-state index contributed by atoms with van der Waals surface area (Å²) in [6.45, 7) is 5.16. The molecule has 0 aromatic carbocycles. The van der Waals surface area contributed by atoms with E-state index >= 15 is 0 Å². The van der Waals surface area contributed by atoms with Crippen LogP contribution in [-0.2, 0) is 4.74 Å². The number of hydrogen-bond acceptors (Lipinski definition) is 2. The lowest BCUT2D eigenvalue weighted by Crippen LogP contribution is -2.26. The number of carbonyl (C=O) groups excluding carboxylic acids is 1. The zero-order valence-corrected chi connectivity index (χ0v) is 8.30. The van der Waals surface area contributed by atoms with Gasteiger partial charge in [-0.15, -0.1) is 12.3 Å². The van der Waals surface area contributed by atoms with Gasteiger partial charge in [-0.2, -0.15) is 0 Å². The fourth-order valence-electron chi connectivity index (χ4n) is 0.717. The Morgan fingerprint density at radius 2 is 2.31 bits per heavy atom. The fourth-order valence-corrected chi connectivity index (χ4v) is 0.717. The first kappa shape index (κ1) is 11.8. The molecule has 1 amide bonds. The zero-order valence-electron chi connectivity index (χ0n) is 8.30. The number of amides is 1. The molecule has 0 aliphatic carbocycles. The van der Waals surface area contributed by atoms with Crippen molar-refractivity contribution in [3.63, 3.8) is 0 Å². The van der Waals surface area contributed by atoms with Crippen molar-refractivity contribution in [2.75, 3.05) is 13.2 Å². The van der Waals surface area contributed by atoms with Crippen LogP contribution in [0, 0.1) is 18.3 Å². The smallest absolute Gasteiger partial charge is 0.407 e. The Balaban J connectivity index is 3.26. The lowest BCUT2D eigenvalue weighted by Gasteiger charge is -2.06. The largest absolute Gasteiger partial charge is 0.449 e. The zero-order chi connectivity index (χ0) is 10.1. The van der Waals surface area contributed by atoms with E-state index in [1.54, 1.807) is 0 Å². The molecule has 0 aliphatic rings. The van der Waals surface area contributed by atoms with Crippen LogP contribution in [0.25, 0.3) is 0 Å².